The number of rotatable bonds is 4. The molecule has 0 fully saturated rings. The topological polar surface area (TPSA) is 116 Å². The van der Waals surface area contributed by atoms with E-state index in [1.165, 1.54) is 43.4 Å². The number of nitrogens with two attached hydrogens (primary N) is 1. The van der Waals surface area contributed by atoms with E-state index in [0.717, 1.165) is 0 Å². The summed E-state index contributed by atoms with van der Waals surface area (Å²) in [6, 6.07) is 2.96. The van der Waals surface area contributed by atoms with Crippen molar-refractivity contribution in [3.63, 3.8) is 0 Å². The highest BCUT2D eigenvalue weighted by Gasteiger charge is 2.42. The van der Waals surface area contributed by atoms with Crippen LogP contribution in [0.4, 0.5) is 5.69 Å². The van der Waals surface area contributed by atoms with Gasteiger partial charge in [0.05, 0.1) is 23.7 Å². The van der Waals surface area contributed by atoms with Crippen LogP contribution >= 0.6 is 24.0 Å². The molecule has 3 aromatic rings. The third-order valence-electron chi connectivity index (χ3n) is 3.92. The number of fused-ring (bicyclic) bond motifs is 1. The first-order valence-corrected chi connectivity index (χ1v) is 7.28. The number of nitrogen functional groups attached to an aromatic ring is 1. The van der Waals surface area contributed by atoms with Crippen LogP contribution in [0.5, 0.6) is 5.75 Å². The molecule has 0 saturated heterocycles. The summed E-state index contributed by atoms with van der Waals surface area (Å²) in [6.07, 6.45) is 4.38. The van der Waals surface area contributed by atoms with Gasteiger partial charge in [0.2, 0.25) is 0 Å². The van der Waals surface area contributed by atoms with Gasteiger partial charge in [0.1, 0.15) is 12.1 Å². The number of halogens is 2. The quantitative estimate of drug-likeness (QED) is 0.663. The van der Waals surface area contributed by atoms with E-state index in [9.17, 15) is 9.90 Å². The predicted molar refractivity (Wildman–Crippen MR) is 95.4 cm³/mol. The van der Waals surface area contributed by atoms with Gasteiger partial charge < -0.3 is 15.6 Å². The number of nitrogens with zero attached hydrogens (tertiary/aromatic N) is 4. The molecular formula is C15H15Cl2N5O3. The normalized spacial score (nSPS) is 13.1. The van der Waals surface area contributed by atoms with Gasteiger partial charge in [0.25, 0.3) is 0 Å². The van der Waals surface area contributed by atoms with E-state index in [0.29, 0.717) is 27.4 Å². The van der Waals surface area contributed by atoms with E-state index in [1.54, 1.807) is 6.20 Å². The molecule has 25 heavy (non-hydrogen) atoms. The molecule has 0 saturated carbocycles. The highest BCUT2D eigenvalue weighted by molar-refractivity contribution is 6.32. The number of methoxy groups -OCH3 is 1. The van der Waals surface area contributed by atoms with Gasteiger partial charge >= 0.3 is 5.97 Å². The minimum absolute atomic E-state index is 0. The van der Waals surface area contributed by atoms with Gasteiger partial charge in [-0.15, -0.1) is 12.4 Å². The number of anilines is 1. The van der Waals surface area contributed by atoms with Crippen molar-refractivity contribution in [1.82, 2.24) is 19.7 Å². The number of carbonyl (C=O) groups is 1. The van der Waals surface area contributed by atoms with E-state index in [-0.39, 0.29) is 18.1 Å². The van der Waals surface area contributed by atoms with Crippen molar-refractivity contribution in [2.24, 2.45) is 0 Å². The van der Waals surface area contributed by atoms with Crippen molar-refractivity contribution < 1.29 is 14.6 Å². The monoisotopic (exact) mass is 383 g/mol. The highest BCUT2D eigenvalue weighted by atomic mass is 35.5. The maximum Gasteiger partial charge on any atom is 0.336 e. The Kier molecular flexibility index (Phi) is 5.05. The van der Waals surface area contributed by atoms with Gasteiger partial charge in [0, 0.05) is 17.4 Å². The minimum atomic E-state index is -1.61. The predicted octanol–water partition coefficient (Wildman–Crippen LogP) is 2.34. The summed E-state index contributed by atoms with van der Waals surface area (Å²) in [7, 11) is 1.44. The van der Waals surface area contributed by atoms with Crippen molar-refractivity contribution in [3.8, 4) is 5.75 Å². The molecule has 0 spiro atoms. The first-order chi connectivity index (χ1) is 11.4. The number of aromatic nitrogens is 4. The zero-order chi connectivity index (χ0) is 17.5. The third-order valence-corrected chi connectivity index (χ3v) is 4.22. The zero-order valence-corrected chi connectivity index (χ0v) is 14.9. The van der Waals surface area contributed by atoms with Crippen LogP contribution in [0, 0.1) is 0 Å². The molecule has 1 aromatic carbocycles. The Morgan fingerprint density at radius 1 is 1.40 bits per heavy atom. The molecule has 1 atom stereocenters. The van der Waals surface area contributed by atoms with Gasteiger partial charge in [-0.05, 0) is 19.1 Å². The van der Waals surface area contributed by atoms with Gasteiger partial charge in [0.15, 0.2) is 11.2 Å². The molecule has 0 aliphatic rings. The number of hydrogen-bond acceptors (Lipinski definition) is 6. The number of aliphatic carboxylic acids is 1. The molecule has 132 valence electrons. The second kappa shape index (κ2) is 6.73. The van der Waals surface area contributed by atoms with Crippen LogP contribution in [0.25, 0.3) is 11.0 Å². The standard InChI is InChI=1S/C15H14ClN5O3.ClH/c1-15(14(22)23,9-3-12(24-2)10(16)4-11(9)17)21-13-8(6-20-21)5-18-7-19-13;/h3-7H,17H2,1-2H3,(H,22,23);1H. The van der Waals surface area contributed by atoms with Crippen LogP contribution in [0.1, 0.15) is 12.5 Å². The zero-order valence-electron chi connectivity index (χ0n) is 13.3. The molecule has 0 aliphatic carbocycles. The van der Waals surface area contributed by atoms with Crippen LogP contribution in [0.2, 0.25) is 5.02 Å². The lowest BCUT2D eigenvalue weighted by Crippen LogP contribution is -2.41. The lowest BCUT2D eigenvalue weighted by atomic mass is 9.90. The Labute approximate surface area is 154 Å². The molecule has 3 N–H and O–H groups in total. The molecule has 3 rings (SSSR count). The number of benzene rings is 1. The van der Waals surface area contributed by atoms with E-state index < -0.39 is 11.5 Å². The fourth-order valence-electron chi connectivity index (χ4n) is 2.57. The van der Waals surface area contributed by atoms with Crippen molar-refractivity contribution in [2.75, 3.05) is 12.8 Å². The SMILES string of the molecule is COc1cc(C(C)(C(=O)O)n2ncc3cncnc32)c(N)cc1Cl.Cl. The average molecular weight is 384 g/mol. The second-order valence-corrected chi connectivity index (χ2v) is 5.72. The van der Waals surface area contributed by atoms with Gasteiger partial charge in [-0.25, -0.2) is 19.4 Å². The number of carboxylic acid groups (broad SMARTS) is 1. The Morgan fingerprint density at radius 2 is 2.12 bits per heavy atom. The smallest absolute Gasteiger partial charge is 0.336 e. The first kappa shape index (κ1) is 18.8. The molecule has 0 bridgehead atoms. The third kappa shape index (κ3) is 2.83. The van der Waals surface area contributed by atoms with Gasteiger partial charge in [-0.1, -0.05) is 11.6 Å². The average Bonchev–Trinajstić information content (AvgIpc) is 2.98. The van der Waals surface area contributed by atoms with Gasteiger partial charge in [-0.3, -0.25) is 0 Å². The molecule has 0 radical (unpaired) electrons. The van der Waals surface area contributed by atoms with Crippen molar-refractivity contribution in [3.05, 3.63) is 41.4 Å². The van der Waals surface area contributed by atoms with Crippen LogP contribution in [0.3, 0.4) is 0 Å². The molecule has 0 aliphatic heterocycles. The second-order valence-electron chi connectivity index (χ2n) is 5.31. The number of ether oxygens (including phenoxy) is 1. The van der Waals surface area contributed by atoms with E-state index >= 15 is 0 Å². The van der Waals surface area contributed by atoms with Crippen LogP contribution < -0.4 is 10.5 Å². The summed E-state index contributed by atoms with van der Waals surface area (Å²) >= 11 is 6.06. The van der Waals surface area contributed by atoms with E-state index in [2.05, 4.69) is 15.1 Å². The largest absolute Gasteiger partial charge is 0.495 e. The maximum absolute atomic E-state index is 12.2. The van der Waals surface area contributed by atoms with Crippen LogP contribution in [0.15, 0.2) is 30.9 Å². The highest BCUT2D eigenvalue weighted by Crippen LogP contribution is 2.38. The molecule has 1 unspecified atom stereocenters. The number of carboxylic acids is 1. The molecular weight excluding hydrogens is 369 g/mol. The summed E-state index contributed by atoms with van der Waals surface area (Å²) in [5, 5.41) is 15.0. The first-order valence-electron chi connectivity index (χ1n) is 6.90. The molecule has 2 heterocycles. The lowest BCUT2D eigenvalue weighted by Gasteiger charge is -2.28. The fourth-order valence-corrected chi connectivity index (χ4v) is 2.82. The molecule has 0 amide bonds. The number of hydrogen-bond donors (Lipinski definition) is 2. The lowest BCUT2D eigenvalue weighted by molar-refractivity contribution is -0.144. The van der Waals surface area contributed by atoms with Crippen molar-refractivity contribution in [1.29, 1.82) is 0 Å². The van der Waals surface area contributed by atoms with Crippen LogP contribution in [-0.2, 0) is 10.3 Å². The Morgan fingerprint density at radius 3 is 2.76 bits per heavy atom. The minimum Gasteiger partial charge on any atom is -0.495 e. The van der Waals surface area contributed by atoms with Gasteiger partial charge in [-0.2, -0.15) is 5.10 Å². The maximum atomic E-state index is 12.2. The molecule has 10 heteroatoms. The van der Waals surface area contributed by atoms with E-state index in [1.807, 2.05) is 0 Å². The van der Waals surface area contributed by atoms with E-state index in [4.69, 9.17) is 22.1 Å². The molecule has 2 aromatic heterocycles. The van der Waals surface area contributed by atoms with Crippen molar-refractivity contribution >= 4 is 46.7 Å². The molecule has 8 nitrogen and oxygen atoms in total. The summed E-state index contributed by atoms with van der Waals surface area (Å²) < 4.78 is 6.48. The van der Waals surface area contributed by atoms with Crippen molar-refractivity contribution in [2.45, 2.75) is 12.5 Å². The summed E-state index contributed by atoms with van der Waals surface area (Å²) in [6.45, 7) is 1.49. The summed E-state index contributed by atoms with van der Waals surface area (Å²) in [5.74, 6) is -0.832. The Hall–Kier alpha value is -2.58. The van der Waals surface area contributed by atoms with Crippen LogP contribution in [-0.4, -0.2) is 37.9 Å². The summed E-state index contributed by atoms with van der Waals surface area (Å²) in [4.78, 5) is 20.2. The summed E-state index contributed by atoms with van der Waals surface area (Å²) in [5.41, 5.74) is 5.31. The fraction of sp³-hybridized carbons (Fsp3) is 0.200. The Bertz CT molecular complexity index is 946. The Balaban J connectivity index is 0.00000225.